The molecule has 9 heteroatoms. The third-order valence-electron chi connectivity index (χ3n) is 4.04. The summed E-state index contributed by atoms with van der Waals surface area (Å²) in [6.07, 6.45) is -4.76. The minimum Gasteiger partial charge on any atom is -0.493 e. The molecule has 1 aromatic heterocycles. The van der Waals surface area contributed by atoms with Crippen LogP contribution in [0.2, 0.25) is 0 Å². The average molecular weight is 406 g/mol. The van der Waals surface area contributed by atoms with E-state index in [2.05, 4.69) is 9.84 Å². The molecule has 3 rings (SSSR count). The molecule has 152 valence electrons. The Morgan fingerprint density at radius 1 is 0.931 bits per heavy atom. The zero-order chi connectivity index (χ0) is 21.0. The second kappa shape index (κ2) is 8.26. The van der Waals surface area contributed by atoms with E-state index in [9.17, 15) is 18.0 Å². The fraction of sp³-hybridized carbons (Fsp3) is 0.200. The van der Waals surface area contributed by atoms with Crippen LogP contribution in [0.1, 0.15) is 5.56 Å². The highest BCUT2D eigenvalue weighted by Gasteiger charge is 2.30. The van der Waals surface area contributed by atoms with E-state index in [1.165, 1.54) is 49.2 Å². The van der Waals surface area contributed by atoms with E-state index >= 15 is 0 Å². The average Bonchev–Trinajstić information content (AvgIpc) is 2.69. The van der Waals surface area contributed by atoms with Crippen LogP contribution in [0.25, 0.3) is 11.3 Å². The lowest BCUT2D eigenvalue weighted by Gasteiger charge is -2.11. The second-order valence-electron chi connectivity index (χ2n) is 5.98. The van der Waals surface area contributed by atoms with Crippen molar-refractivity contribution in [1.82, 2.24) is 9.78 Å². The predicted octanol–water partition coefficient (Wildman–Crippen LogP) is 3.87. The highest BCUT2D eigenvalue weighted by molar-refractivity contribution is 5.63. The van der Waals surface area contributed by atoms with Gasteiger partial charge in [0, 0.05) is 11.6 Å². The molecule has 0 N–H and O–H groups in total. The first-order valence-electron chi connectivity index (χ1n) is 8.44. The number of aromatic nitrogens is 2. The fourth-order valence-corrected chi connectivity index (χ4v) is 2.68. The zero-order valence-electron chi connectivity index (χ0n) is 15.6. The van der Waals surface area contributed by atoms with E-state index in [1.54, 1.807) is 24.3 Å². The molecule has 6 nitrogen and oxygen atoms in total. The van der Waals surface area contributed by atoms with Gasteiger partial charge in [-0.3, -0.25) is 4.79 Å². The third-order valence-corrected chi connectivity index (χ3v) is 4.04. The van der Waals surface area contributed by atoms with Crippen LogP contribution in [0.5, 0.6) is 17.2 Å². The molecule has 0 unspecified atom stereocenters. The Morgan fingerprint density at radius 2 is 1.62 bits per heavy atom. The predicted molar refractivity (Wildman–Crippen MR) is 99.3 cm³/mol. The molecular weight excluding hydrogens is 389 g/mol. The molecule has 0 aliphatic heterocycles. The van der Waals surface area contributed by atoms with Crippen LogP contribution in [0.15, 0.2) is 59.4 Å². The first-order valence-corrected chi connectivity index (χ1v) is 8.44. The van der Waals surface area contributed by atoms with Gasteiger partial charge in [-0.2, -0.15) is 5.10 Å². The molecular formula is C20H17F3N2O4. The molecule has 0 saturated carbocycles. The van der Waals surface area contributed by atoms with Crippen molar-refractivity contribution in [2.45, 2.75) is 12.9 Å². The minimum absolute atomic E-state index is 0.0895. The van der Waals surface area contributed by atoms with Crippen molar-refractivity contribution in [2.75, 3.05) is 14.2 Å². The zero-order valence-corrected chi connectivity index (χ0v) is 15.6. The SMILES string of the molecule is COc1ccc(-c2ccc(=O)n(Cc3ccc(OC(F)(F)F)cc3)n2)cc1OC. The summed E-state index contributed by atoms with van der Waals surface area (Å²) < 4.78 is 52.3. The van der Waals surface area contributed by atoms with E-state index in [4.69, 9.17) is 9.47 Å². The number of nitrogens with zero attached hydrogens (tertiary/aromatic N) is 2. The van der Waals surface area contributed by atoms with E-state index in [0.717, 1.165) is 0 Å². The topological polar surface area (TPSA) is 62.6 Å². The summed E-state index contributed by atoms with van der Waals surface area (Å²) in [5.41, 5.74) is 1.50. The smallest absolute Gasteiger partial charge is 0.493 e. The second-order valence-corrected chi connectivity index (χ2v) is 5.98. The Balaban J connectivity index is 1.85. The standard InChI is InChI=1S/C20H17F3N2O4/c1-27-17-9-5-14(11-18(17)28-2)16-8-10-19(26)25(24-16)12-13-3-6-15(7-4-13)29-20(21,22)23/h3-11H,12H2,1-2H3. The maximum Gasteiger partial charge on any atom is 0.573 e. The van der Waals surface area contributed by atoms with Gasteiger partial charge < -0.3 is 14.2 Å². The summed E-state index contributed by atoms with van der Waals surface area (Å²) >= 11 is 0. The van der Waals surface area contributed by atoms with E-state index in [-0.39, 0.29) is 17.9 Å². The Morgan fingerprint density at radius 3 is 2.24 bits per heavy atom. The van der Waals surface area contributed by atoms with Crippen molar-refractivity contribution in [3.8, 4) is 28.5 Å². The molecule has 0 saturated heterocycles. The van der Waals surface area contributed by atoms with Gasteiger partial charge in [-0.25, -0.2) is 4.68 Å². The highest BCUT2D eigenvalue weighted by atomic mass is 19.4. The molecule has 1 heterocycles. The number of rotatable bonds is 6. The third kappa shape index (κ3) is 5.07. The Hall–Kier alpha value is -3.49. The van der Waals surface area contributed by atoms with Gasteiger partial charge >= 0.3 is 6.36 Å². The lowest BCUT2D eigenvalue weighted by molar-refractivity contribution is -0.274. The molecule has 0 amide bonds. The number of benzene rings is 2. The lowest BCUT2D eigenvalue weighted by atomic mass is 10.1. The summed E-state index contributed by atoms with van der Waals surface area (Å²) in [4.78, 5) is 12.2. The maximum atomic E-state index is 12.3. The van der Waals surface area contributed by atoms with Crippen LogP contribution < -0.4 is 19.8 Å². The molecule has 2 aromatic carbocycles. The van der Waals surface area contributed by atoms with Crippen LogP contribution in [0.4, 0.5) is 13.2 Å². The Labute approximate surface area is 164 Å². The normalized spacial score (nSPS) is 11.2. The molecule has 3 aromatic rings. The van der Waals surface area contributed by atoms with Gasteiger partial charge in [-0.15, -0.1) is 13.2 Å². The summed E-state index contributed by atoms with van der Waals surface area (Å²) in [5, 5.41) is 4.35. The summed E-state index contributed by atoms with van der Waals surface area (Å²) in [6, 6.07) is 13.5. The summed E-state index contributed by atoms with van der Waals surface area (Å²) in [7, 11) is 3.04. The quantitative estimate of drug-likeness (QED) is 0.622. The first-order chi connectivity index (χ1) is 13.8. The highest BCUT2D eigenvalue weighted by Crippen LogP contribution is 2.31. The van der Waals surface area contributed by atoms with Crippen LogP contribution in [-0.4, -0.2) is 30.4 Å². The van der Waals surface area contributed by atoms with Gasteiger partial charge in [0.2, 0.25) is 0 Å². The van der Waals surface area contributed by atoms with Crippen molar-refractivity contribution in [3.05, 3.63) is 70.5 Å². The first kappa shape index (κ1) is 20.2. The fourth-order valence-electron chi connectivity index (χ4n) is 2.68. The van der Waals surface area contributed by atoms with Crippen molar-refractivity contribution >= 4 is 0 Å². The summed E-state index contributed by atoms with van der Waals surface area (Å²) in [5.74, 6) is 0.746. The van der Waals surface area contributed by atoms with Gasteiger partial charge in [0.15, 0.2) is 11.5 Å². The van der Waals surface area contributed by atoms with E-state index in [1.807, 2.05) is 0 Å². The Kier molecular flexibility index (Phi) is 5.76. The maximum absolute atomic E-state index is 12.3. The molecule has 0 aliphatic carbocycles. The van der Waals surface area contributed by atoms with Crippen molar-refractivity contribution in [3.63, 3.8) is 0 Å². The van der Waals surface area contributed by atoms with Crippen molar-refractivity contribution in [1.29, 1.82) is 0 Å². The number of ether oxygens (including phenoxy) is 3. The number of methoxy groups -OCH3 is 2. The monoisotopic (exact) mass is 406 g/mol. The minimum atomic E-state index is -4.76. The van der Waals surface area contributed by atoms with Gasteiger partial charge in [-0.1, -0.05) is 12.1 Å². The van der Waals surface area contributed by atoms with Crippen molar-refractivity contribution < 1.29 is 27.4 Å². The molecule has 0 atom stereocenters. The largest absolute Gasteiger partial charge is 0.573 e. The molecule has 29 heavy (non-hydrogen) atoms. The van der Waals surface area contributed by atoms with Crippen LogP contribution in [0.3, 0.4) is 0 Å². The number of hydrogen-bond acceptors (Lipinski definition) is 5. The number of halogens is 3. The van der Waals surface area contributed by atoms with Gasteiger partial charge in [0.05, 0.1) is 26.5 Å². The summed E-state index contributed by atoms with van der Waals surface area (Å²) in [6.45, 7) is 0.0895. The van der Waals surface area contributed by atoms with Crippen LogP contribution in [0, 0.1) is 0 Å². The molecule has 0 radical (unpaired) electrons. The van der Waals surface area contributed by atoms with Crippen LogP contribution >= 0.6 is 0 Å². The number of alkyl halides is 3. The molecule has 0 spiro atoms. The van der Waals surface area contributed by atoms with Gasteiger partial charge in [0.25, 0.3) is 5.56 Å². The number of hydrogen-bond donors (Lipinski definition) is 0. The van der Waals surface area contributed by atoms with Gasteiger partial charge in [0.1, 0.15) is 5.75 Å². The van der Waals surface area contributed by atoms with E-state index in [0.29, 0.717) is 28.3 Å². The lowest BCUT2D eigenvalue weighted by Crippen LogP contribution is -2.23. The Bertz CT molecular complexity index is 1050. The van der Waals surface area contributed by atoms with Crippen LogP contribution in [-0.2, 0) is 6.54 Å². The van der Waals surface area contributed by atoms with Gasteiger partial charge in [-0.05, 0) is 42.0 Å². The molecule has 0 bridgehead atoms. The molecule has 0 aliphatic rings. The molecule has 0 fully saturated rings. The van der Waals surface area contributed by atoms with E-state index < -0.39 is 6.36 Å². The van der Waals surface area contributed by atoms with Crippen molar-refractivity contribution in [2.24, 2.45) is 0 Å².